The number of nitroso groups, excluding NO2 is 1. The van der Waals surface area contributed by atoms with Gasteiger partial charge in [-0.15, -0.1) is 0 Å². The highest BCUT2D eigenvalue weighted by Gasteiger charge is 2.14. The first-order valence-corrected chi connectivity index (χ1v) is 9.51. The van der Waals surface area contributed by atoms with E-state index in [1.807, 2.05) is 0 Å². The first kappa shape index (κ1) is 21.8. The lowest BCUT2D eigenvalue weighted by Crippen LogP contribution is -2.11. The van der Waals surface area contributed by atoms with Gasteiger partial charge in [0.1, 0.15) is 6.04 Å². The Morgan fingerprint density at radius 2 is 1.62 bits per heavy atom. The molecule has 6 nitrogen and oxygen atoms in total. The standard InChI is InChI=1S/C20H30N2O4/c1-2-3-4-5-6-7-8-9-19(23)21-17-12-10-16(11-13-17)18(22-26)14-15-20(24)25/h10-13,18H,2-9,14-15H2,1H3,(H,21,23)(H,24,25). The van der Waals surface area contributed by atoms with E-state index >= 15 is 0 Å². The summed E-state index contributed by atoms with van der Waals surface area (Å²) in [5, 5.41) is 14.5. The largest absolute Gasteiger partial charge is 0.481 e. The molecule has 1 atom stereocenters. The number of hydrogen-bond acceptors (Lipinski definition) is 4. The molecular formula is C20H30N2O4. The number of nitrogens with zero attached hydrogens (tertiary/aromatic N) is 1. The van der Waals surface area contributed by atoms with Crippen LogP contribution in [0.25, 0.3) is 0 Å². The number of carboxylic acid groups (broad SMARTS) is 1. The summed E-state index contributed by atoms with van der Waals surface area (Å²) in [5.74, 6) is -0.963. The van der Waals surface area contributed by atoms with Crippen molar-refractivity contribution in [2.24, 2.45) is 5.18 Å². The van der Waals surface area contributed by atoms with Crippen molar-refractivity contribution in [1.82, 2.24) is 0 Å². The summed E-state index contributed by atoms with van der Waals surface area (Å²) in [6, 6.07) is 6.17. The molecule has 0 aliphatic carbocycles. The average Bonchev–Trinajstić information content (AvgIpc) is 2.62. The Bertz CT molecular complexity index is 557. The number of rotatable bonds is 14. The zero-order valence-electron chi connectivity index (χ0n) is 15.6. The highest BCUT2D eigenvalue weighted by molar-refractivity contribution is 5.90. The fourth-order valence-electron chi connectivity index (χ4n) is 2.80. The molecule has 0 aliphatic rings. The third kappa shape index (κ3) is 9.30. The lowest BCUT2D eigenvalue weighted by molar-refractivity contribution is -0.137. The molecule has 1 unspecified atom stereocenters. The minimum absolute atomic E-state index is 0.0118. The second-order valence-corrected chi connectivity index (χ2v) is 6.60. The molecule has 0 aromatic heterocycles. The highest BCUT2D eigenvalue weighted by Crippen LogP contribution is 2.24. The SMILES string of the molecule is CCCCCCCCCC(=O)Nc1ccc(C(CCC(=O)O)N=O)cc1. The topological polar surface area (TPSA) is 95.8 Å². The van der Waals surface area contributed by atoms with Crippen LogP contribution in [0.3, 0.4) is 0 Å². The van der Waals surface area contributed by atoms with E-state index in [4.69, 9.17) is 5.11 Å². The molecule has 0 spiro atoms. The number of hydrogen-bond donors (Lipinski definition) is 2. The molecule has 1 amide bonds. The van der Waals surface area contributed by atoms with Crippen LogP contribution >= 0.6 is 0 Å². The van der Waals surface area contributed by atoms with Crippen LogP contribution in [0, 0.1) is 4.91 Å². The Kier molecular flexibility index (Phi) is 10.9. The van der Waals surface area contributed by atoms with Gasteiger partial charge in [0.2, 0.25) is 5.91 Å². The summed E-state index contributed by atoms with van der Waals surface area (Å²) in [7, 11) is 0. The van der Waals surface area contributed by atoms with E-state index < -0.39 is 12.0 Å². The van der Waals surface area contributed by atoms with Crippen LogP contribution in [-0.4, -0.2) is 17.0 Å². The molecule has 0 bridgehead atoms. The minimum Gasteiger partial charge on any atom is -0.481 e. The number of anilines is 1. The van der Waals surface area contributed by atoms with Crippen LogP contribution in [0.5, 0.6) is 0 Å². The van der Waals surface area contributed by atoms with E-state index in [1.165, 1.54) is 32.1 Å². The maximum atomic E-state index is 12.0. The molecule has 6 heteroatoms. The Labute approximate surface area is 155 Å². The van der Waals surface area contributed by atoms with E-state index in [0.717, 1.165) is 12.8 Å². The van der Waals surface area contributed by atoms with Gasteiger partial charge in [-0.25, -0.2) is 0 Å². The summed E-state index contributed by atoms with van der Waals surface area (Å²) in [6.45, 7) is 2.20. The molecule has 144 valence electrons. The van der Waals surface area contributed by atoms with Crippen molar-refractivity contribution in [3.8, 4) is 0 Å². The first-order chi connectivity index (χ1) is 12.6. The third-order valence-corrected chi connectivity index (χ3v) is 4.35. The summed E-state index contributed by atoms with van der Waals surface area (Å²) in [6.07, 6.45) is 8.76. The van der Waals surface area contributed by atoms with Crippen LogP contribution in [0.2, 0.25) is 0 Å². The third-order valence-electron chi connectivity index (χ3n) is 4.35. The van der Waals surface area contributed by atoms with Crippen LogP contribution in [0.1, 0.15) is 82.7 Å². The van der Waals surface area contributed by atoms with E-state index in [1.54, 1.807) is 24.3 Å². The molecule has 1 aromatic carbocycles. The van der Waals surface area contributed by atoms with Gasteiger partial charge in [-0.3, -0.25) is 9.59 Å². The van der Waals surface area contributed by atoms with E-state index in [0.29, 0.717) is 17.7 Å². The second-order valence-electron chi connectivity index (χ2n) is 6.60. The van der Waals surface area contributed by atoms with Gasteiger partial charge >= 0.3 is 5.97 Å². The van der Waals surface area contributed by atoms with Gasteiger partial charge in [0.15, 0.2) is 0 Å². The van der Waals surface area contributed by atoms with Crippen molar-refractivity contribution in [3.05, 3.63) is 34.7 Å². The first-order valence-electron chi connectivity index (χ1n) is 9.51. The lowest BCUT2D eigenvalue weighted by atomic mass is 10.0. The lowest BCUT2D eigenvalue weighted by Gasteiger charge is -2.10. The number of nitrogens with one attached hydrogen (secondary N) is 1. The van der Waals surface area contributed by atoms with Gasteiger partial charge in [-0.2, -0.15) is 4.91 Å². The maximum absolute atomic E-state index is 12.0. The maximum Gasteiger partial charge on any atom is 0.303 e. The summed E-state index contributed by atoms with van der Waals surface area (Å²) in [5.41, 5.74) is 1.33. The number of carbonyl (C=O) groups is 2. The zero-order valence-corrected chi connectivity index (χ0v) is 15.6. The number of carboxylic acids is 1. The summed E-state index contributed by atoms with van der Waals surface area (Å²) >= 11 is 0. The Morgan fingerprint density at radius 3 is 2.19 bits per heavy atom. The van der Waals surface area contributed by atoms with Crippen LogP contribution < -0.4 is 5.32 Å². The normalized spacial score (nSPS) is 11.7. The smallest absolute Gasteiger partial charge is 0.303 e. The molecule has 0 saturated carbocycles. The highest BCUT2D eigenvalue weighted by atomic mass is 16.4. The van der Waals surface area contributed by atoms with E-state index in [9.17, 15) is 14.5 Å². The molecule has 1 rings (SSSR count). The van der Waals surface area contributed by atoms with Gasteiger partial charge in [0.25, 0.3) is 0 Å². The van der Waals surface area contributed by atoms with Gasteiger partial charge in [0, 0.05) is 18.5 Å². The Balaban J connectivity index is 2.33. The Hall–Kier alpha value is -2.24. The molecule has 0 saturated heterocycles. The second kappa shape index (κ2) is 13.0. The predicted molar refractivity (Wildman–Crippen MR) is 103 cm³/mol. The molecule has 26 heavy (non-hydrogen) atoms. The molecule has 2 N–H and O–H groups in total. The van der Waals surface area contributed by atoms with E-state index in [-0.39, 0.29) is 18.7 Å². The fraction of sp³-hybridized carbons (Fsp3) is 0.600. The molecule has 0 heterocycles. The quantitative estimate of drug-likeness (QED) is 0.340. The minimum atomic E-state index is -0.951. The van der Waals surface area contributed by atoms with Crippen molar-refractivity contribution in [2.45, 2.75) is 77.2 Å². The molecule has 0 fully saturated rings. The fourth-order valence-corrected chi connectivity index (χ4v) is 2.80. The van der Waals surface area contributed by atoms with Gasteiger partial charge in [-0.1, -0.05) is 62.8 Å². The average molecular weight is 362 g/mol. The van der Waals surface area contributed by atoms with Crippen LogP contribution in [-0.2, 0) is 9.59 Å². The molecule has 0 radical (unpaired) electrons. The van der Waals surface area contributed by atoms with Gasteiger partial charge in [-0.05, 0) is 30.5 Å². The Morgan fingerprint density at radius 1 is 1.00 bits per heavy atom. The zero-order chi connectivity index (χ0) is 19.2. The van der Waals surface area contributed by atoms with Crippen molar-refractivity contribution in [2.75, 3.05) is 5.32 Å². The summed E-state index contributed by atoms with van der Waals surface area (Å²) in [4.78, 5) is 33.5. The number of carbonyl (C=O) groups excluding carboxylic acids is 1. The number of unbranched alkanes of at least 4 members (excludes halogenated alkanes) is 6. The monoisotopic (exact) mass is 362 g/mol. The summed E-state index contributed by atoms with van der Waals surface area (Å²) < 4.78 is 0. The molecular weight excluding hydrogens is 332 g/mol. The van der Waals surface area contributed by atoms with Crippen molar-refractivity contribution < 1.29 is 14.7 Å². The van der Waals surface area contributed by atoms with Gasteiger partial charge < -0.3 is 10.4 Å². The van der Waals surface area contributed by atoms with Crippen LogP contribution in [0.15, 0.2) is 29.4 Å². The molecule has 1 aromatic rings. The number of benzene rings is 1. The number of aliphatic carboxylic acids is 1. The molecule has 0 aliphatic heterocycles. The number of amides is 1. The van der Waals surface area contributed by atoms with Gasteiger partial charge in [0.05, 0.1) is 0 Å². The predicted octanol–water partition coefficient (Wildman–Crippen LogP) is 5.44. The van der Waals surface area contributed by atoms with Crippen molar-refractivity contribution >= 4 is 17.6 Å². The van der Waals surface area contributed by atoms with E-state index in [2.05, 4.69) is 17.4 Å². The van der Waals surface area contributed by atoms with Crippen LogP contribution in [0.4, 0.5) is 5.69 Å². The van der Waals surface area contributed by atoms with Crippen molar-refractivity contribution in [1.29, 1.82) is 0 Å². The van der Waals surface area contributed by atoms with Crippen molar-refractivity contribution in [3.63, 3.8) is 0 Å².